The van der Waals surface area contributed by atoms with Gasteiger partial charge in [-0.2, -0.15) is 0 Å². The summed E-state index contributed by atoms with van der Waals surface area (Å²) < 4.78 is 9.27. The molecular formula is C15H20Cl2N6O. The van der Waals surface area contributed by atoms with Gasteiger partial charge < -0.3 is 19.6 Å². The van der Waals surface area contributed by atoms with Gasteiger partial charge in [-0.1, -0.05) is 0 Å². The van der Waals surface area contributed by atoms with Crippen LogP contribution in [0, 0.1) is 0 Å². The van der Waals surface area contributed by atoms with Crippen LogP contribution in [-0.2, 0) is 17.8 Å². The van der Waals surface area contributed by atoms with Crippen molar-refractivity contribution >= 4 is 30.6 Å². The molecule has 0 fully saturated rings. The zero-order chi connectivity index (χ0) is 15.4. The highest BCUT2D eigenvalue weighted by molar-refractivity contribution is 5.85. The molecular weight excluding hydrogens is 351 g/mol. The first kappa shape index (κ1) is 20.0. The number of hydrogen-bond acceptors (Lipinski definition) is 5. The molecule has 0 aliphatic carbocycles. The van der Waals surface area contributed by atoms with Crippen LogP contribution >= 0.6 is 24.8 Å². The van der Waals surface area contributed by atoms with Gasteiger partial charge in [0.1, 0.15) is 11.6 Å². The third kappa shape index (κ3) is 4.47. The van der Waals surface area contributed by atoms with Gasteiger partial charge in [-0.15, -0.1) is 24.8 Å². The molecule has 0 spiro atoms. The number of halogens is 2. The molecule has 3 aromatic heterocycles. The maximum Gasteiger partial charge on any atom is 0.140 e. The molecule has 3 heterocycles. The normalized spacial score (nSPS) is 10.0. The van der Waals surface area contributed by atoms with E-state index in [1.165, 1.54) is 0 Å². The minimum atomic E-state index is 0. The van der Waals surface area contributed by atoms with E-state index in [-0.39, 0.29) is 24.8 Å². The van der Waals surface area contributed by atoms with Crippen molar-refractivity contribution in [3.05, 3.63) is 48.9 Å². The van der Waals surface area contributed by atoms with Gasteiger partial charge >= 0.3 is 0 Å². The van der Waals surface area contributed by atoms with Crippen molar-refractivity contribution in [2.75, 3.05) is 19.5 Å². The van der Waals surface area contributed by atoms with Gasteiger partial charge in [0.15, 0.2) is 0 Å². The molecule has 9 heteroatoms. The number of imidazole rings is 2. The Balaban J connectivity index is 0.00000144. The summed E-state index contributed by atoms with van der Waals surface area (Å²) in [5.74, 6) is 1.34. The van der Waals surface area contributed by atoms with Crippen LogP contribution in [0.25, 0.3) is 11.4 Å². The topological polar surface area (TPSA) is 83.8 Å². The Morgan fingerprint density at radius 2 is 2.00 bits per heavy atom. The average Bonchev–Trinajstić information content (AvgIpc) is 3.15. The molecule has 24 heavy (non-hydrogen) atoms. The minimum absolute atomic E-state index is 0. The zero-order valence-corrected chi connectivity index (χ0v) is 14.8. The molecule has 7 nitrogen and oxygen atoms in total. The van der Waals surface area contributed by atoms with Gasteiger partial charge in [0.25, 0.3) is 0 Å². The fourth-order valence-corrected chi connectivity index (χ4v) is 2.33. The average molecular weight is 371 g/mol. The monoisotopic (exact) mass is 370 g/mol. The number of ether oxygens (including phenoxy) is 1. The highest BCUT2D eigenvalue weighted by atomic mass is 35.5. The number of methoxy groups -OCH3 is 1. The maximum atomic E-state index is 5.75. The molecule has 0 amide bonds. The van der Waals surface area contributed by atoms with Gasteiger partial charge in [0, 0.05) is 44.0 Å². The molecule has 0 unspecified atom stereocenters. The van der Waals surface area contributed by atoms with Gasteiger partial charge in [0.05, 0.1) is 25.2 Å². The predicted molar refractivity (Wildman–Crippen MR) is 97.6 cm³/mol. The lowest BCUT2D eigenvalue weighted by Crippen LogP contribution is -2.10. The Labute approximate surface area is 152 Å². The van der Waals surface area contributed by atoms with E-state index in [0.717, 1.165) is 23.6 Å². The molecule has 0 bridgehead atoms. The van der Waals surface area contributed by atoms with E-state index in [4.69, 9.17) is 10.5 Å². The Hall–Kier alpha value is -2.09. The summed E-state index contributed by atoms with van der Waals surface area (Å²) in [5, 5.41) is 0. The molecule has 0 saturated carbocycles. The number of pyridine rings is 1. The lowest BCUT2D eigenvalue weighted by molar-refractivity contribution is 0.186. The SMILES string of the molecule is COCCn1cncc1Cn1ccnc1-c1ccnc(N)c1.Cl.Cl. The van der Waals surface area contributed by atoms with E-state index in [9.17, 15) is 0 Å². The van der Waals surface area contributed by atoms with Crippen molar-refractivity contribution in [2.24, 2.45) is 0 Å². The minimum Gasteiger partial charge on any atom is -0.384 e. The van der Waals surface area contributed by atoms with Crippen molar-refractivity contribution in [3.63, 3.8) is 0 Å². The molecule has 3 rings (SSSR count). The first-order valence-corrected chi connectivity index (χ1v) is 6.99. The highest BCUT2D eigenvalue weighted by Gasteiger charge is 2.09. The number of anilines is 1. The largest absolute Gasteiger partial charge is 0.384 e. The van der Waals surface area contributed by atoms with E-state index in [0.29, 0.717) is 19.0 Å². The third-order valence-corrected chi connectivity index (χ3v) is 3.42. The predicted octanol–water partition coefficient (Wildman–Crippen LogP) is 2.26. The summed E-state index contributed by atoms with van der Waals surface area (Å²) in [6.45, 7) is 2.11. The second kappa shape index (κ2) is 9.27. The molecule has 0 aliphatic heterocycles. The third-order valence-electron chi connectivity index (χ3n) is 3.42. The molecule has 130 valence electrons. The summed E-state index contributed by atoms with van der Waals surface area (Å²) in [6.07, 6.45) is 9.09. The summed E-state index contributed by atoms with van der Waals surface area (Å²) in [4.78, 5) is 12.7. The van der Waals surface area contributed by atoms with E-state index >= 15 is 0 Å². The van der Waals surface area contributed by atoms with Crippen molar-refractivity contribution in [1.29, 1.82) is 0 Å². The summed E-state index contributed by atoms with van der Waals surface area (Å²) in [7, 11) is 1.69. The number of nitrogens with zero attached hydrogens (tertiary/aromatic N) is 5. The Bertz CT molecular complexity index is 758. The molecule has 0 aromatic carbocycles. The molecule has 0 radical (unpaired) electrons. The Morgan fingerprint density at radius 3 is 2.75 bits per heavy atom. The van der Waals surface area contributed by atoms with Crippen molar-refractivity contribution < 1.29 is 4.74 Å². The van der Waals surface area contributed by atoms with E-state index in [2.05, 4.69) is 24.1 Å². The number of rotatable bonds is 6. The van der Waals surface area contributed by atoms with Crippen LogP contribution in [0.15, 0.2) is 43.2 Å². The fourth-order valence-electron chi connectivity index (χ4n) is 2.33. The van der Waals surface area contributed by atoms with Crippen LogP contribution in [0.1, 0.15) is 5.69 Å². The lowest BCUT2D eigenvalue weighted by Gasteiger charge is -2.11. The van der Waals surface area contributed by atoms with Crippen LogP contribution in [-0.4, -0.2) is 37.8 Å². The first-order valence-electron chi connectivity index (χ1n) is 6.99. The lowest BCUT2D eigenvalue weighted by atomic mass is 10.2. The van der Waals surface area contributed by atoms with Crippen LogP contribution in [0.4, 0.5) is 5.82 Å². The highest BCUT2D eigenvalue weighted by Crippen LogP contribution is 2.19. The number of nitrogen functional groups attached to an aromatic ring is 1. The quantitative estimate of drug-likeness (QED) is 0.719. The summed E-state index contributed by atoms with van der Waals surface area (Å²) in [5.41, 5.74) is 7.79. The number of hydrogen-bond donors (Lipinski definition) is 1. The van der Waals surface area contributed by atoms with Crippen LogP contribution < -0.4 is 5.73 Å². The van der Waals surface area contributed by atoms with Crippen molar-refractivity contribution in [2.45, 2.75) is 13.1 Å². The molecule has 0 aliphatic rings. The van der Waals surface area contributed by atoms with Gasteiger partial charge in [-0.05, 0) is 12.1 Å². The van der Waals surface area contributed by atoms with Crippen LogP contribution in [0.3, 0.4) is 0 Å². The van der Waals surface area contributed by atoms with Gasteiger partial charge in [-0.3, -0.25) is 0 Å². The number of nitrogens with two attached hydrogens (primary N) is 1. The van der Waals surface area contributed by atoms with Crippen molar-refractivity contribution in [1.82, 2.24) is 24.1 Å². The first-order chi connectivity index (χ1) is 10.8. The fraction of sp³-hybridized carbons (Fsp3) is 0.267. The smallest absolute Gasteiger partial charge is 0.140 e. The van der Waals surface area contributed by atoms with Crippen molar-refractivity contribution in [3.8, 4) is 11.4 Å². The molecule has 0 saturated heterocycles. The zero-order valence-electron chi connectivity index (χ0n) is 13.2. The summed E-state index contributed by atoms with van der Waals surface area (Å²) in [6, 6.07) is 3.72. The number of aromatic nitrogens is 5. The standard InChI is InChI=1S/C15H18N6O.2ClH/c1-22-7-6-21-11-17-9-13(21)10-20-5-4-19-15(20)12-2-3-18-14(16)8-12;;/h2-5,8-9,11H,6-7,10H2,1H3,(H2,16,18);2*1H. The Morgan fingerprint density at radius 1 is 1.17 bits per heavy atom. The van der Waals surface area contributed by atoms with Gasteiger partial charge in [-0.25, -0.2) is 15.0 Å². The second-order valence-electron chi connectivity index (χ2n) is 4.92. The van der Waals surface area contributed by atoms with Crippen LogP contribution in [0.2, 0.25) is 0 Å². The van der Waals surface area contributed by atoms with Gasteiger partial charge in [0.2, 0.25) is 0 Å². The van der Waals surface area contributed by atoms with Crippen LogP contribution in [0.5, 0.6) is 0 Å². The molecule has 0 atom stereocenters. The summed E-state index contributed by atoms with van der Waals surface area (Å²) >= 11 is 0. The molecule has 2 N–H and O–H groups in total. The van der Waals surface area contributed by atoms with E-state index < -0.39 is 0 Å². The van der Waals surface area contributed by atoms with E-state index in [1.54, 1.807) is 19.5 Å². The molecule has 3 aromatic rings. The maximum absolute atomic E-state index is 5.75. The Kier molecular flexibility index (Phi) is 7.70. The second-order valence-corrected chi connectivity index (χ2v) is 4.92. The van der Waals surface area contributed by atoms with E-state index in [1.807, 2.05) is 30.9 Å².